The highest BCUT2D eigenvalue weighted by atomic mass is 32.2. The van der Waals surface area contributed by atoms with Crippen LogP contribution in [0, 0.1) is 5.41 Å². The van der Waals surface area contributed by atoms with Crippen LogP contribution in [-0.2, 0) is 28.8 Å². The van der Waals surface area contributed by atoms with E-state index in [0.29, 0.717) is 45.9 Å². The molecule has 2 aliphatic heterocycles. The predicted molar refractivity (Wildman–Crippen MR) is 111 cm³/mol. The van der Waals surface area contributed by atoms with E-state index < -0.39 is 25.7 Å². The maximum atomic E-state index is 13.0. The van der Waals surface area contributed by atoms with E-state index in [1.165, 1.54) is 13.8 Å². The van der Waals surface area contributed by atoms with Gasteiger partial charge in [0.25, 0.3) is 0 Å². The molecule has 160 valence electrons. The summed E-state index contributed by atoms with van der Waals surface area (Å²) in [5.41, 5.74) is 0.563. The molecule has 1 N–H and O–H groups in total. The number of amides is 1. The lowest BCUT2D eigenvalue weighted by Crippen LogP contribution is -2.53. The molecule has 2 rings (SSSR count). The Kier molecular flexibility index (Phi) is 7.84. The first-order valence-electron chi connectivity index (χ1n) is 9.52. The van der Waals surface area contributed by atoms with Crippen molar-refractivity contribution >= 4 is 29.4 Å². The van der Waals surface area contributed by atoms with Crippen LogP contribution in [-0.4, -0.2) is 69.9 Å². The number of hydrogen-bond donors (Lipinski definition) is 1. The summed E-state index contributed by atoms with van der Waals surface area (Å²) in [5, 5.41) is 3.41. The quantitative estimate of drug-likeness (QED) is 0.419. The second kappa shape index (κ2) is 9.35. The van der Waals surface area contributed by atoms with Crippen molar-refractivity contribution in [1.29, 1.82) is 0 Å². The fourth-order valence-electron chi connectivity index (χ4n) is 3.01. The summed E-state index contributed by atoms with van der Waals surface area (Å²) in [6.07, 6.45) is 2.79. The Morgan fingerprint density at radius 2 is 1.86 bits per heavy atom. The highest BCUT2D eigenvalue weighted by molar-refractivity contribution is 7.94. The van der Waals surface area contributed by atoms with Crippen molar-refractivity contribution in [3.63, 3.8) is 0 Å². The van der Waals surface area contributed by atoms with Gasteiger partial charge in [0.2, 0.25) is 5.91 Å². The zero-order chi connectivity index (χ0) is 21.0. The predicted octanol–water partition coefficient (Wildman–Crippen LogP) is 2.14. The molecular weight excluding hydrogens is 401 g/mol. The molecule has 0 radical (unpaired) electrons. The van der Waals surface area contributed by atoms with E-state index in [-0.39, 0.29) is 5.41 Å². The van der Waals surface area contributed by atoms with Gasteiger partial charge in [-0.15, -0.1) is 0 Å². The number of methoxy groups -OCH3 is 1. The maximum absolute atomic E-state index is 13.0. The molecule has 1 fully saturated rings. The second-order valence-electron chi connectivity index (χ2n) is 8.28. The summed E-state index contributed by atoms with van der Waals surface area (Å²) in [6, 6.07) is 0. The van der Waals surface area contributed by atoms with Gasteiger partial charge in [-0.2, -0.15) is 0 Å². The third-order valence-electron chi connectivity index (χ3n) is 5.21. The van der Waals surface area contributed by atoms with Gasteiger partial charge in [0.05, 0.1) is 30.5 Å². The molecule has 0 aromatic rings. The lowest BCUT2D eigenvalue weighted by Gasteiger charge is -2.33. The summed E-state index contributed by atoms with van der Waals surface area (Å²) in [6.45, 7) is 9.62. The minimum absolute atomic E-state index is 0.160. The van der Waals surface area contributed by atoms with Crippen LogP contribution in [0.2, 0.25) is 0 Å². The summed E-state index contributed by atoms with van der Waals surface area (Å²) >= 11 is 0. The summed E-state index contributed by atoms with van der Waals surface area (Å²) in [4.78, 5) is 12.7. The number of ether oxygens (including phenoxy) is 3. The van der Waals surface area contributed by atoms with Crippen LogP contribution in [0.3, 0.4) is 0 Å². The lowest BCUT2D eigenvalue weighted by molar-refractivity contribution is -0.121. The van der Waals surface area contributed by atoms with Gasteiger partial charge in [-0.3, -0.25) is 4.79 Å². The Labute approximate surface area is 169 Å². The van der Waals surface area contributed by atoms with Crippen LogP contribution in [0.25, 0.3) is 0 Å². The molecule has 2 heterocycles. The largest absolute Gasteiger partial charge is 0.382 e. The van der Waals surface area contributed by atoms with Gasteiger partial charge in [-0.1, -0.05) is 13.8 Å². The van der Waals surface area contributed by atoms with Crippen LogP contribution in [0.1, 0.15) is 40.5 Å². The van der Waals surface area contributed by atoms with Gasteiger partial charge in [0.1, 0.15) is 4.75 Å². The van der Waals surface area contributed by atoms with Crippen LogP contribution >= 0.6 is 8.20 Å². The molecule has 0 unspecified atom stereocenters. The molecule has 1 amide bonds. The highest BCUT2D eigenvalue weighted by Crippen LogP contribution is 2.41. The summed E-state index contributed by atoms with van der Waals surface area (Å²) in [5.74, 6) is -0.481. The standard InChI is InChI=1S/C19H32NO6PS/c1-18(2,13-26-11-10-24-5)15-12-16(27-15)20-17(21)19(3,4)28(22,23)14-6-8-25-9-7-14/h12,14H,6-11,13H2,1-5H3,(H,20,21). The second-order valence-corrected chi connectivity index (χ2v) is 12.2. The third-order valence-corrected chi connectivity index (χ3v) is 9.62. The zero-order valence-corrected chi connectivity index (χ0v) is 19.1. The average Bonchev–Trinajstić information content (AvgIpc) is 2.61. The third kappa shape index (κ3) is 5.22. The fourth-order valence-corrected chi connectivity index (χ4v) is 5.93. The van der Waals surface area contributed by atoms with Crippen molar-refractivity contribution in [1.82, 2.24) is 5.32 Å². The van der Waals surface area contributed by atoms with Crippen molar-refractivity contribution < 1.29 is 27.4 Å². The lowest BCUT2D eigenvalue weighted by atomic mass is 9.93. The van der Waals surface area contributed by atoms with Gasteiger partial charge in [-0.05, 0) is 46.3 Å². The Morgan fingerprint density at radius 1 is 1.25 bits per heavy atom. The first-order valence-corrected chi connectivity index (χ1v) is 12.0. The van der Waals surface area contributed by atoms with Crippen molar-refractivity contribution in [2.24, 2.45) is 5.41 Å². The molecule has 28 heavy (non-hydrogen) atoms. The molecule has 7 nitrogen and oxygen atoms in total. The Balaban J connectivity index is 1.93. The number of hydrogen-bond acceptors (Lipinski definition) is 6. The van der Waals surface area contributed by atoms with Gasteiger partial charge in [-0.25, -0.2) is 8.42 Å². The van der Waals surface area contributed by atoms with Crippen molar-refractivity contribution in [2.45, 2.75) is 50.5 Å². The van der Waals surface area contributed by atoms with Crippen LogP contribution in [0.15, 0.2) is 11.4 Å². The number of nitrogens with one attached hydrogen (secondary N) is 1. The van der Waals surface area contributed by atoms with Crippen LogP contribution in [0.5, 0.6) is 0 Å². The average molecular weight is 434 g/mol. The highest BCUT2D eigenvalue weighted by Gasteiger charge is 2.47. The fraction of sp³-hybridized carbons (Fsp3) is 0.789. The molecule has 0 saturated carbocycles. The topological polar surface area (TPSA) is 90.9 Å². The smallest absolute Gasteiger partial charge is 0.245 e. The monoisotopic (exact) mass is 433 g/mol. The van der Waals surface area contributed by atoms with Crippen molar-refractivity contribution in [3.8, 4) is 0 Å². The van der Waals surface area contributed by atoms with Crippen LogP contribution in [0.4, 0.5) is 0 Å². The molecule has 9 heteroatoms. The normalized spacial score (nSPS) is 19.5. The van der Waals surface area contributed by atoms with E-state index in [1.54, 1.807) is 7.11 Å². The zero-order valence-electron chi connectivity index (χ0n) is 17.4. The SMILES string of the molecule is COCCOCC(C)(C)C1=CC(NC(=O)C(C)(C)S(=O)(=O)C2CCOCC2)=P1. The minimum atomic E-state index is -3.61. The first kappa shape index (κ1) is 23.5. The molecular formula is C19H32NO6PS. The number of sulfone groups is 1. The summed E-state index contributed by atoms with van der Waals surface area (Å²) < 4.78 is 40.3. The van der Waals surface area contributed by atoms with Gasteiger partial charge < -0.3 is 19.5 Å². The molecule has 0 atom stereocenters. The van der Waals surface area contributed by atoms with Crippen molar-refractivity contribution in [3.05, 3.63) is 11.4 Å². The van der Waals surface area contributed by atoms with E-state index in [9.17, 15) is 13.2 Å². The molecule has 0 spiro atoms. The Hall–Kier alpha value is -0.790. The first-order chi connectivity index (χ1) is 13.0. The number of carbonyl (C=O) groups is 1. The van der Waals surface area contributed by atoms with Crippen molar-refractivity contribution in [2.75, 3.05) is 40.1 Å². The van der Waals surface area contributed by atoms with Gasteiger partial charge in [0.15, 0.2) is 9.84 Å². The molecule has 0 aliphatic carbocycles. The van der Waals surface area contributed by atoms with Crippen LogP contribution < -0.4 is 5.32 Å². The van der Waals surface area contributed by atoms with E-state index in [4.69, 9.17) is 14.2 Å². The Morgan fingerprint density at radius 3 is 2.43 bits per heavy atom. The molecule has 1 saturated heterocycles. The van der Waals surface area contributed by atoms with Gasteiger partial charge in [0, 0.05) is 25.7 Å². The maximum Gasteiger partial charge on any atom is 0.245 e. The molecule has 0 bridgehead atoms. The Bertz CT molecular complexity index is 736. The van der Waals surface area contributed by atoms with E-state index in [1.807, 2.05) is 6.08 Å². The number of carbonyl (C=O) groups excluding carboxylic acids is 1. The summed E-state index contributed by atoms with van der Waals surface area (Å²) in [7, 11) is -1.08. The molecule has 0 aromatic carbocycles. The number of rotatable bonds is 10. The van der Waals surface area contributed by atoms with E-state index in [2.05, 4.69) is 19.2 Å². The van der Waals surface area contributed by atoms with E-state index in [0.717, 1.165) is 18.9 Å². The molecule has 2 aliphatic rings. The van der Waals surface area contributed by atoms with E-state index >= 15 is 0 Å². The molecule has 0 aromatic heterocycles. The minimum Gasteiger partial charge on any atom is -0.382 e. The van der Waals surface area contributed by atoms with Gasteiger partial charge >= 0.3 is 0 Å².